The van der Waals surface area contributed by atoms with Gasteiger partial charge in [0.1, 0.15) is 11.8 Å². The minimum Gasteiger partial charge on any atom is -0.484 e. The minimum absolute atomic E-state index is 0.155. The van der Waals surface area contributed by atoms with Gasteiger partial charge in [-0.05, 0) is 60.4 Å². The van der Waals surface area contributed by atoms with Gasteiger partial charge in [-0.3, -0.25) is 9.59 Å². The molecule has 0 unspecified atom stereocenters. The molecule has 184 valence electrons. The van der Waals surface area contributed by atoms with Gasteiger partial charge in [0.05, 0.1) is 10.0 Å². The SMILES string of the molecule is CNC(=O)[C@H](Cc1ccccc1)N(Cc1ccc(Cl)c(Cl)c1)C(=O)COc1cc(C)c(Cl)c(C)c1. The van der Waals surface area contributed by atoms with Crippen molar-refractivity contribution < 1.29 is 14.3 Å². The van der Waals surface area contributed by atoms with Crippen LogP contribution in [0.15, 0.2) is 60.7 Å². The number of likely N-dealkylation sites (N-methyl/N-ethyl adjacent to an activating group) is 1. The normalized spacial score (nSPS) is 11.6. The number of hydrogen-bond acceptors (Lipinski definition) is 3. The zero-order valence-electron chi connectivity index (χ0n) is 19.8. The fourth-order valence-corrected chi connectivity index (χ4v) is 4.20. The topological polar surface area (TPSA) is 58.6 Å². The third-order valence-corrected chi connectivity index (χ3v) is 6.96. The monoisotopic (exact) mass is 532 g/mol. The first-order valence-corrected chi connectivity index (χ1v) is 12.2. The van der Waals surface area contributed by atoms with Crippen LogP contribution in [-0.2, 0) is 22.6 Å². The summed E-state index contributed by atoms with van der Waals surface area (Å²) < 4.78 is 5.83. The summed E-state index contributed by atoms with van der Waals surface area (Å²) in [6, 6.07) is 17.5. The standard InChI is InChI=1S/C27H27Cl3N2O3/c1-17-11-21(12-18(2)26(17)30)35-16-25(33)32(15-20-9-10-22(28)23(29)13-20)24(27(34)31-3)14-19-7-5-4-6-8-19/h4-13,24H,14-16H2,1-3H3,(H,31,34)/t24-/m0/s1. The van der Waals surface area contributed by atoms with Gasteiger partial charge >= 0.3 is 0 Å². The lowest BCUT2D eigenvalue weighted by atomic mass is 10.0. The number of nitrogens with zero attached hydrogens (tertiary/aromatic N) is 1. The number of hydrogen-bond donors (Lipinski definition) is 1. The summed E-state index contributed by atoms with van der Waals surface area (Å²) >= 11 is 18.5. The maximum Gasteiger partial charge on any atom is 0.261 e. The Balaban J connectivity index is 1.90. The average molecular weight is 534 g/mol. The maximum atomic E-state index is 13.5. The van der Waals surface area contributed by atoms with E-state index in [0.29, 0.717) is 27.2 Å². The van der Waals surface area contributed by atoms with Crippen molar-refractivity contribution >= 4 is 46.6 Å². The molecule has 3 aromatic carbocycles. The first kappa shape index (κ1) is 26.9. The van der Waals surface area contributed by atoms with Crippen LogP contribution < -0.4 is 10.1 Å². The highest BCUT2D eigenvalue weighted by Crippen LogP contribution is 2.27. The molecule has 0 saturated heterocycles. The largest absolute Gasteiger partial charge is 0.484 e. The number of halogens is 3. The van der Waals surface area contributed by atoms with Gasteiger partial charge in [0.2, 0.25) is 5.91 Å². The molecule has 3 rings (SSSR count). The van der Waals surface area contributed by atoms with Gasteiger partial charge in [-0.2, -0.15) is 0 Å². The first-order valence-electron chi connectivity index (χ1n) is 11.1. The number of carbonyl (C=O) groups excluding carboxylic acids is 2. The molecule has 3 aromatic rings. The van der Waals surface area contributed by atoms with E-state index in [1.165, 1.54) is 4.90 Å². The molecule has 1 N–H and O–H groups in total. The van der Waals surface area contributed by atoms with Gasteiger partial charge < -0.3 is 15.0 Å². The molecule has 2 amide bonds. The van der Waals surface area contributed by atoms with Gasteiger partial charge in [-0.15, -0.1) is 0 Å². The van der Waals surface area contributed by atoms with Crippen LogP contribution in [0.25, 0.3) is 0 Å². The van der Waals surface area contributed by atoms with Crippen LogP contribution in [0.1, 0.15) is 22.3 Å². The number of amides is 2. The highest BCUT2D eigenvalue weighted by atomic mass is 35.5. The molecule has 0 saturated carbocycles. The Hall–Kier alpha value is -2.73. The van der Waals surface area contributed by atoms with E-state index in [-0.39, 0.29) is 25.0 Å². The molecule has 0 spiro atoms. The molecule has 5 nitrogen and oxygen atoms in total. The van der Waals surface area contributed by atoms with Crippen molar-refractivity contribution in [3.8, 4) is 5.75 Å². The van der Waals surface area contributed by atoms with Crippen LogP contribution in [-0.4, -0.2) is 36.4 Å². The molecule has 1 atom stereocenters. The number of nitrogens with one attached hydrogen (secondary N) is 1. The molecule has 0 bridgehead atoms. The van der Waals surface area contributed by atoms with Crippen LogP contribution in [0.3, 0.4) is 0 Å². The average Bonchev–Trinajstić information content (AvgIpc) is 2.85. The number of ether oxygens (including phenoxy) is 1. The zero-order valence-corrected chi connectivity index (χ0v) is 22.0. The smallest absolute Gasteiger partial charge is 0.261 e. The summed E-state index contributed by atoms with van der Waals surface area (Å²) in [5.74, 6) is -0.0851. The summed E-state index contributed by atoms with van der Waals surface area (Å²) in [5, 5.41) is 4.13. The molecular formula is C27H27Cl3N2O3. The number of carbonyl (C=O) groups is 2. The van der Waals surface area contributed by atoms with E-state index in [0.717, 1.165) is 22.3 Å². The Labute approximate surface area is 220 Å². The molecule has 0 heterocycles. The Kier molecular flexibility index (Phi) is 9.44. The second kappa shape index (κ2) is 12.3. The van der Waals surface area contributed by atoms with Crippen molar-refractivity contribution in [1.29, 1.82) is 0 Å². The molecule has 0 aliphatic rings. The van der Waals surface area contributed by atoms with E-state index < -0.39 is 6.04 Å². The molecule has 0 fully saturated rings. The fraction of sp³-hybridized carbons (Fsp3) is 0.259. The highest BCUT2D eigenvalue weighted by molar-refractivity contribution is 6.42. The second-order valence-corrected chi connectivity index (χ2v) is 9.44. The Bertz CT molecular complexity index is 1180. The molecule has 0 aliphatic carbocycles. The van der Waals surface area contributed by atoms with Crippen LogP contribution in [0.2, 0.25) is 15.1 Å². The zero-order chi connectivity index (χ0) is 25.5. The highest BCUT2D eigenvalue weighted by Gasteiger charge is 2.30. The lowest BCUT2D eigenvalue weighted by Crippen LogP contribution is -2.51. The third kappa shape index (κ3) is 7.14. The fourth-order valence-electron chi connectivity index (χ4n) is 3.77. The summed E-state index contributed by atoms with van der Waals surface area (Å²) in [4.78, 5) is 28.0. The van der Waals surface area contributed by atoms with Crippen molar-refractivity contribution in [3.05, 3.63) is 98.0 Å². The van der Waals surface area contributed by atoms with Crippen molar-refractivity contribution in [1.82, 2.24) is 10.2 Å². The number of rotatable bonds is 9. The lowest BCUT2D eigenvalue weighted by molar-refractivity contribution is -0.142. The molecule has 8 heteroatoms. The van der Waals surface area contributed by atoms with Crippen LogP contribution in [0.4, 0.5) is 0 Å². The summed E-state index contributed by atoms with van der Waals surface area (Å²) in [6.45, 7) is 3.66. The maximum absolute atomic E-state index is 13.5. The van der Waals surface area contributed by atoms with E-state index in [4.69, 9.17) is 39.5 Å². The third-order valence-electron chi connectivity index (χ3n) is 5.63. The second-order valence-electron chi connectivity index (χ2n) is 8.25. The molecule has 0 radical (unpaired) electrons. The molecule has 0 aromatic heterocycles. The molecule has 35 heavy (non-hydrogen) atoms. The van der Waals surface area contributed by atoms with Crippen molar-refractivity contribution in [2.24, 2.45) is 0 Å². The van der Waals surface area contributed by atoms with Gasteiger partial charge in [0.25, 0.3) is 5.91 Å². The minimum atomic E-state index is -0.762. The summed E-state index contributed by atoms with van der Waals surface area (Å²) in [5.41, 5.74) is 3.38. The Morgan fingerprint density at radius 2 is 1.57 bits per heavy atom. The van der Waals surface area contributed by atoms with E-state index in [1.807, 2.05) is 44.2 Å². The van der Waals surface area contributed by atoms with E-state index >= 15 is 0 Å². The van der Waals surface area contributed by atoms with Crippen molar-refractivity contribution in [3.63, 3.8) is 0 Å². The Morgan fingerprint density at radius 1 is 0.914 bits per heavy atom. The Morgan fingerprint density at radius 3 is 2.17 bits per heavy atom. The van der Waals surface area contributed by atoms with Crippen LogP contribution in [0.5, 0.6) is 5.75 Å². The summed E-state index contributed by atoms with van der Waals surface area (Å²) in [7, 11) is 1.55. The molecule has 0 aliphatic heterocycles. The predicted molar refractivity (Wildman–Crippen MR) is 141 cm³/mol. The quantitative estimate of drug-likeness (QED) is 0.365. The van der Waals surface area contributed by atoms with E-state index in [2.05, 4.69) is 5.32 Å². The van der Waals surface area contributed by atoms with Crippen LogP contribution in [0, 0.1) is 13.8 Å². The van der Waals surface area contributed by atoms with E-state index in [9.17, 15) is 9.59 Å². The first-order chi connectivity index (χ1) is 16.7. The lowest BCUT2D eigenvalue weighted by Gasteiger charge is -2.31. The van der Waals surface area contributed by atoms with Crippen LogP contribution >= 0.6 is 34.8 Å². The number of benzene rings is 3. The van der Waals surface area contributed by atoms with Gasteiger partial charge in [-0.25, -0.2) is 0 Å². The van der Waals surface area contributed by atoms with Gasteiger partial charge in [0, 0.05) is 25.0 Å². The van der Waals surface area contributed by atoms with Gasteiger partial charge in [0.15, 0.2) is 6.61 Å². The van der Waals surface area contributed by atoms with E-state index in [1.54, 1.807) is 37.4 Å². The van der Waals surface area contributed by atoms with Crippen molar-refractivity contribution in [2.45, 2.75) is 32.9 Å². The van der Waals surface area contributed by atoms with Gasteiger partial charge in [-0.1, -0.05) is 71.2 Å². The number of aryl methyl sites for hydroxylation is 2. The predicted octanol–water partition coefficient (Wildman–Crippen LogP) is 6.03. The summed E-state index contributed by atoms with van der Waals surface area (Å²) in [6.07, 6.45) is 0.340. The van der Waals surface area contributed by atoms with Crippen molar-refractivity contribution in [2.75, 3.05) is 13.7 Å². The molecular weight excluding hydrogens is 507 g/mol.